The Bertz CT molecular complexity index is 150. The summed E-state index contributed by atoms with van der Waals surface area (Å²) >= 11 is 0. The largest absolute Gasteiger partial charge is 0.379 e. The molecular formula is C11H20O. The van der Waals surface area contributed by atoms with Gasteiger partial charge in [0.1, 0.15) is 0 Å². The van der Waals surface area contributed by atoms with Crippen molar-refractivity contribution in [1.82, 2.24) is 0 Å². The third-order valence-electron chi connectivity index (χ3n) is 3.95. The van der Waals surface area contributed by atoms with Crippen LogP contribution in [0.3, 0.4) is 0 Å². The van der Waals surface area contributed by atoms with Crippen LogP contribution >= 0.6 is 0 Å². The van der Waals surface area contributed by atoms with Crippen LogP contribution in [0.5, 0.6) is 0 Å². The molecule has 0 spiro atoms. The summed E-state index contributed by atoms with van der Waals surface area (Å²) in [7, 11) is 1.87. The molecule has 0 radical (unpaired) electrons. The van der Waals surface area contributed by atoms with Crippen molar-refractivity contribution in [1.29, 1.82) is 0 Å². The first-order valence-electron chi connectivity index (χ1n) is 5.29. The summed E-state index contributed by atoms with van der Waals surface area (Å²) in [5, 5.41) is 0. The number of methoxy groups -OCH3 is 1. The Morgan fingerprint density at radius 3 is 2.00 bits per heavy atom. The maximum absolute atomic E-state index is 5.59. The zero-order chi connectivity index (χ0) is 8.60. The van der Waals surface area contributed by atoms with Crippen LogP contribution in [0.2, 0.25) is 0 Å². The molecular weight excluding hydrogens is 148 g/mol. The molecule has 2 atom stereocenters. The van der Waals surface area contributed by atoms with E-state index in [-0.39, 0.29) is 5.60 Å². The van der Waals surface area contributed by atoms with Crippen molar-refractivity contribution in [3.8, 4) is 0 Å². The Balaban J connectivity index is 2.02. The second-order valence-corrected chi connectivity index (χ2v) is 4.87. The summed E-state index contributed by atoms with van der Waals surface area (Å²) in [6.45, 7) is 2.28. The first-order chi connectivity index (χ1) is 5.73. The van der Waals surface area contributed by atoms with E-state index in [0.717, 1.165) is 11.8 Å². The number of ether oxygens (including phenoxy) is 1. The predicted molar refractivity (Wildman–Crippen MR) is 50.1 cm³/mol. The molecule has 0 aromatic heterocycles. The zero-order valence-corrected chi connectivity index (χ0v) is 8.31. The topological polar surface area (TPSA) is 9.23 Å². The lowest BCUT2D eigenvalue weighted by molar-refractivity contribution is 0.00719. The van der Waals surface area contributed by atoms with Crippen LogP contribution in [0.1, 0.15) is 45.4 Å². The first kappa shape index (κ1) is 8.55. The van der Waals surface area contributed by atoms with Crippen LogP contribution in [-0.4, -0.2) is 12.7 Å². The lowest BCUT2D eigenvalue weighted by Crippen LogP contribution is -2.22. The van der Waals surface area contributed by atoms with E-state index in [1.807, 2.05) is 7.11 Å². The van der Waals surface area contributed by atoms with E-state index in [1.165, 1.54) is 38.5 Å². The highest BCUT2D eigenvalue weighted by molar-refractivity contribution is 4.94. The minimum absolute atomic E-state index is 0.222. The third-order valence-corrected chi connectivity index (χ3v) is 3.95. The van der Waals surface area contributed by atoms with E-state index >= 15 is 0 Å². The van der Waals surface area contributed by atoms with Gasteiger partial charge in [0.2, 0.25) is 0 Å². The van der Waals surface area contributed by atoms with Gasteiger partial charge in [-0.05, 0) is 31.6 Å². The molecule has 1 heteroatoms. The molecule has 0 amide bonds. The van der Waals surface area contributed by atoms with Crippen LogP contribution in [0.4, 0.5) is 0 Å². The van der Waals surface area contributed by atoms with Crippen molar-refractivity contribution >= 4 is 0 Å². The molecule has 2 aliphatic rings. The fourth-order valence-corrected chi connectivity index (χ4v) is 3.18. The Morgan fingerprint density at radius 2 is 1.58 bits per heavy atom. The highest BCUT2D eigenvalue weighted by atomic mass is 16.5. The number of fused-ring (bicyclic) bond motifs is 1. The molecule has 2 fully saturated rings. The molecule has 0 N–H and O–H groups in total. The lowest BCUT2D eigenvalue weighted by Gasteiger charge is -2.23. The zero-order valence-electron chi connectivity index (χ0n) is 8.31. The van der Waals surface area contributed by atoms with Crippen LogP contribution in [-0.2, 0) is 4.74 Å². The molecule has 0 saturated heterocycles. The van der Waals surface area contributed by atoms with Gasteiger partial charge < -0.3 is 4.74 Å². The molecule has 0 heterocycles. The summed E-state index contributed by atoms with van der Waals surface area (Å²) in [6, 6.07) is 0. The molecule has 1 nitrogen and oxygen atoms in total. The van der Waals surface area contributed by atoms with Crippen LogP contribution < -0.4 is 0 Å². The average Bonchev–Trinajstić information content (AvgIpc) is 2.42. The van der Waals surface area contributed by atoms with Gasteiger partial charge in [-0.25, -0.2) is 0 Å². The third kappa shape index (κ3) is 1.39. The van der Waals surface area contributed by atoms with E-state index in [0.29, 0.717) is 0 Å². The minimum Gasteiger partial charge on any atom is -0.379 e. The number of hydrogen-bond acceptors (Lipinski definition) is 1. The Hall–Kier alpha value is -0.0400. The Labute approximate surface area is 75.5 Å². The van der Waals surface area contributed by atoms with Crippen molar-refractivity contribution in [2.75, 3.05) is 7.11 Å². The molecule has 2 unspecified atom stereocenters. The Morgan fingerprint density at radius 1 is 1.08 bits per heavy atom. The molecule has 70 valence electrons. The SMILES string of the molecule is COC1(C)CC2CCCCC2C1. The average molecular weight is 168 g/mol. The standard InChI is InChI=1S/C11H20O/c1-11(12-2)7-9-5-3-4-6-10(9)8-11/h9-10H,3-8H2,1-2H3. The van der Waals surface area contributed by atoms with Crippen LogP contribution in [0.15, 0.2) is 0 Å². The van der Waals surface area contributed by atoms with Gasteiger partial charge in [0, 0.05) is 7.11 Å². The quantitative estimate of drug-likeness (QED) is 0.585. The van der Waals surface area contributed by atoms with E-state index in [9.17, 15) is 0 Å². The number of rotatable bonds is 1. The van der Waals surface area contributed by atoms with Gasteiger partial charge >= 0.3 is 0 Å². The molecule has 12 heavy (non-hydrogen) atoms. The van der Waals surface area contributed by atoms with Gasteiger partial charge in [0.25, 0.3) is 0 Å². The molecule has 2 aliphatic carbocycles. The van der Waals surface area contributed by atoms with Crippen molar-refractivity contribution in [3.05, 3.63) is 0 Å². The fourth-order valence-electron chi connectivity index (χ4n) is 3.18. The second-order valence-electron chi connectivity index (χ2n) is 4.87. The molecule has 0 aromatic rings. The van der Waals surface area contributed by atoms with E-state index in [4.69, 9.17) is 4.74 Å². The van der Waals surface area contributed by atoms with Gasteiger partial charge in [0.05, 0.1) is 5.60 Å². The maximum Gasteiger partial charge on any atom is 0.0656 e. The van der Waals surface area contributed by atoms with Crippen molar-refractivity contribution < 1.29 is 4.74 Å². The predicted octanol–water partition coefficient (Wildman–Crippen LogP) is 2.99. The molecule has 0 bridgehead atoms. The van der Waals surface area contributed by atoms with Gasteiger partial charge in [-0.2, -0.15) is 0 Å². The second kappa shape index (κ2) is 3.02. The van der Waals surface area contributed by atoms with Crippen molar-refractivity contribution in [2.24, 2.45) is 11.8 Å². The lowest BCUT2D eigenvalue weighted by atomic mass is 9.82. The highest BCUT2D eigenvalue weighted by Gasteiger charge is 2.42. The van der Waals surface area contributed by atoms with Crippen molar-refractivity contribution in [2.45, 2.75) is 51.0 Å². The number of hydrogen-bond donors (Lipinski definition) is 0. The van der Waals surface area contributed by atoms with Gasteiger partial charge in [-0.3, -0.25) is 0 Å². The van der Waals surface area contributed by atoms with E-state index in [1.54, 1.807) is 0 Å². The maximum atomic E-state index is 5.59. The summed E-state index contributed by atoms with van der Waals surface area (Å²) in [6.07, 6.45) is 8.47. The smallest absolute Gasteiger partial charge is 0.0656 e. The normalized spacial score (nSPS) is 47.5. The molecule has 0 aromatic carbocycles. The molecule has 0 aliphatic heterocycles. The van der Waals surface area contributed by atoms with Gasteiger partial charge in [0.15, 0.2) is 0 Å². The Kier molecular flexibility index (Phi) is 2.16. The molecule has 2 rings (SSSR count). The summed E-state index contributed by atoms with van der Waals surface area (Å²) in [5.74, 6) is 1.98. The van der Waals surface area contributed by atoms with Gasteiger partial charge in [-0.1, -0.05) is 25.7 Å². The van der Waals surface area contributed by atoms with Crippen LogP contribution in [0, 0.1) is 11.8 Å². The van der Waals surface area contributed by atoms with E-state index in [2.05, 4.69) is 6.92 Å². The van der Waals surface area contributed by atoms with Crippen molar-refractivity contribution in [3.63, 3.8) is 0 Å². The van der Waals surface area contributed by atoms with E-state index < -0.39 is 0 Å². The molecule has 2 saturated carbocycles. The summed E-state index contributed by atoms with van der Waals surface area (Å²) < 4.78 is 5.59. The van der Waals surface area contributed by atoms with Gasteiger partial charge in [-0.15, -0.1) is 0 Å². The monoisotopic (exact) mass is 168 g/mol. The summed E-state index contributed by atoms with van der Waals surface area (Å²) in [4.78, 5) is 0. The summed E-state index contributed by atoms with van der Waals surface area (Å²) in [5.41, 5.74) is 0.222. The first-order valence-corrected chi connectivity index (χ1v) is 5.29. The van der Waals surface area contributed by atoms with Crippen LogP contribution in [0.25, 0.3) is 0 Å². The minimum atomic E-state index is 0.222. The highest BCUT2D eigenvalue weighted by Crippen LogP contribution is 2.48. The fraction of sp³-hybridized carbons (Fsp3) is 1.00.